The smallest absolute Gasteiger partial charge is 0.232 e. The van der Waals surface area contributed by atoms with Crippen LogP contribution in [0.5, 0.6) is 0 Å². The van der Waals surface area contributed by atoms with Crippen molar-refractivity contribution < 1.29 is 8.42 Å². The molecule has 0 aliphatic heterocycles. The Bertz CT molecular complexity index is 559. The Balaban J connectivity index is 2.01. The summed E-state index contributed by atoms with van der Waals surface area (Å²) in [6.07, 6.45) is 14.8. The van der Waals surface area contributed by atoms with Gasteiger partial charge in [-0.2, -0.15) is 0 Å². The molecule has 0 spiro atoms. The molecular weight excluding hydrogens is 332 g/mol. The minimum atomic E-state index is -3.30. The molecule has 0 aromatic heterocycles. The van der Waals surface area contributed by atoms with Crippen molar-refractivity contribution in [2.45, 2.75) is 84.0 Å². The Morgan fingerprint density at radius 3 is 1.80 bits per heavy atom. The van der Waals surface area contributed by atoms with E-state index < -0.39 is 10.0 Å². The van der Waals surface area contributed by atoms with Crippen molar-refractivity contribution in [1.29, 1.82) is 0 Å². The van der Waals surface area contributed by atoms with E-state index in [1.54, 1.807) is 24.3 Å². The molecule has 5 heteroatoms. The third-order valence-electron chi connectivity index (χ3n) is 4.49. The van der Waals surface area contributed by atoms with Crippen LogP contribution in [0.15, 0.2) is 24.3 Å². The molecule has 3 N–H and O–H groups in total. The molecule has 0 saturated carbocycles. The second-order valence-corrected chi connectivity index (χ2v) is 8.74. The van der Waals surface area contributed by atoms with Gasteiger partial charge in [0.15, 0.2) is 0 Å². The van der Waals surface area contributed by atoms with Crippen molar-refractivity contribution in [1.82, 2.24) is 0 Å². The number of nitrogen functional groups attached to an aromatic ring is 1. The summed E-state index contributed by atoms with van der Waals surface area (Å²) >= 11 is 0. The molecule has 0 unspecified atom stereocenters. The van der Waals surface area contributed by atoms with Gasteiger partial charge in [0.25, 0.3) is 0 Å². The van der Waals surface area contributed by atoms with Crippen LogP contribution >= 0.6 is 0 Å². The van der Waals surface area contributed by atoms with Gasteiger partial charge < -0.3 is 5.73 Å². The maximum absolute atomic E-state index is 12.1. The highest BCUT2D eigenvalue weighted by molar-refractivity contribution is 7.92. The summed E-state index contributed by atoms with van der Waals surface area (Å²) in [6, 6.07) is 6.95. The third kappa shape index (κ3) is 11.1. The molecular formula is C20H36N2O2S. The lowest BCUT2D eigenvalue weighted by atomic mass is 10.1. The Kier molecular flexibility index (Phi) is 11.4. The monoisotopic (exact) mass is 368 g/mol. The van der Waals surface area contributed by atoms with Gasteiger partial charge in [0.2, 0.25) is 10.0 Å². The summed E-state index contributed by atoms with van der Waals surface area (Å²) in [7, 11) is -3.30. The molecule has 1 aromatic rings. The number of hydrogen-bond donors (Lipinski definition) is 2. The van der Waals surface area contributed by atoms with Crippen LogP contribution < -0.4 is 10.5 Å². The van der Waals surface area contributed by atoms with Crippen LogP contribution in [-0.2, 0) is 10.0 Å². The van der Waals surface area contributed by atoms with Crippen LogP contribution in [0.2, 0.25) is 0 Å². The van der Waals surface area contributed by atoms with E-state index >= 15 is 0 Å². The fraction of sp³-hybridized carbons (Fsp3) is 0.700. The molecule has 144 valence electrons. The average molecular weight is 369 g/mol. The zero-order valence-electron chi connectivity index (χ0n) is 15.8. The summed E-state index contributed by atoms with van der Waals surface area (Å²) in [6.45, 7) is 2.25. The lowest BCUT2D eigenvalue weighted by molar-refractivity contribution is 0.546. The number of benzene rings is 1. The van der Waals surface area contributed by atoms with Crippen LogP contribution in [0.3, 0.4) is 0 Å². The number of nitrogens with two attached hydrogens (primary N) is 1. The molecule has 25 heavy (non-hydrogen) atoms. The van der Waals surface area contributed by atoms with E-state index in [0.717, 1.165) is 12.8 Å². The molecule has 1 aromatic carbocycles. The number of anilines is 2. The number of para-hydroxylation sites is 2. The van der Waals surface area contributed by atoms with Gasteiger partial charge in [-0.1, -0.05) is 89.7 Å². The molecule has 0 radical (unpaired) electrons. The molecule has 0 fully saturated rings. The highest BCUT2D eigenvalue weighted by Gasteiger charge is 2.11. The first-order valence-corrected chi connectivity index (χ1v) is 11.6. The van der Waals surface area contributed by atoms with Crippen LogP contribution in [0.1, 0.15) is 84.0 Å². The maximum atomic E-state index is 12.1. The zero-order valence-corrected chi connectivity index (χ0v) is 16.6. The highest BCUT2D eigenvalue weighted by Crippen LogP contribution is 2.19. The van der Waals surface area contributed by atoms with Gasteiger partial charge in [-0.3, -0.25) is 4.72 Å². The summed E-state index contributed by atoms with van der Waals surface area (Å²) in [5.74, 6) is 0.165. The average Bonchev–Trinajstić information content (AvgIpc) is 2.58. The van der Waals surface area contributed by atoms with Crippen LogP contribution in [0.25, 0.3) is 0 Å². The fourth-order valence-corrected chi connectivity index (χ4v) is 4.15. The van der Waals surface area contributed by atoms with Gasteiger partial charge in [-0.05, 0) is 18.6 Å². The van der Waals surface area contributed by atoms with Gasteiger partial charge >= 0.3 is 0 Å². The topological polar surface area (TPSA) is 72.2 Å². The number of hydrogen-bond acceptors (Lipinski definition) is 3. The SMILES string of the molecule is CCCCCCCCCCCCCCS(=O)(=O)Nc1ccccc1N. The molecule has 0 bridgehead atoms. The third-order valence-corrected chi connectivity index (χ3v) is 5.85. The van der Waals surface area contributed by atoms with E-state index in [9.17, 15) is 8.42 Å². The summed E-state index contributed by atoms with van der Waals surface area (Å²) in [5, 5.41) is 0. The number of nitrogens with one attached hydrogen (secondary N) is 1. The summed E-state index contributed by atoms with van der Waals surface area (Å²) in [4.78, 5) is 0. The van der Waals surface area contributed by atoms with Gasteiger partial charge in [-0.15, -0.1) is 0 Å². The normalized spacial score (nSPS) is 11.6. The molecule has 0 saturated heterocycles. The van der Waals surface area contributed by atoms with E-state index in [1.807, 2.05) is 0 Å². The Morgan fingerprint density at radius 1 is 0.800 bits per heavy atom. The largest absolute Gasteiger partial charge is 0.397 e. The van der Waals surface area contributed by atoms with Crippen molar-refractivity contribution in [3.63, 3.8) is 0 Å². The molecule has 4 nitrogen and oxygen atoms in total. The molecule has 0 aliphatic carbocycles. The second-order valence-electron chi connectivity index (χ2n) is 6.90. The predicted molar refractivity (Wildman–Crippen MR) is 109 cm³/mol. The van der Waals surface area contributed by atoms with Crippen molar-refractivity contribution >= 4 is 21.4 Å². The van der Waals surface area contributed by atoms with E-state index in [-0.39, 0.29) is 5.75 Å². The van der Waals surface area contributed by atoms with Crippen molar-refractivity contribution in [3.05, 3.63) is 24.3 Å². The number of sulfonamides is 1. The first-order valence-electron chi connectivity index (χ1n) is 9.90. The summed E-state index contributed by atoms with van der Waals surface area (Å²) in [5.41, 5.74) is 6.70. The zero-order chi connectivity index (χ0) is 18.4. The number of unbranched alkanes of at least 4 members (excludes halogenated alkanes) is 11. The molecule has 0 heterocycles. The first-order chi connectivity index (χ1) is 12.0. The molecule has 1 rings (SSSR count). The Labute approximate surface area is 154 Å². The molecule has 0 aliphatic rings. The van der Waals surface area contributed by atoms with E-state index in [4.69, 9.17) is 5.73 Å². The second kappa shape index (κ2) is 13.0. The minimum absolute atomic E-state index is 0.165. The Hall–Kier alpha value is -1.23. The van der Waals surface area contributed by atoms with E-state index in [1.165, 1.54) is 57.8 Å². The van der Waals surface area contributed by atoms with Crippen LogP contribution in [0, 0.1) is 0 Å². The van der Waals surface area contributed by atoms with Crippen LogP contribution in [-0.4, -0.2) is 14.2 Å². The number of rotatable bonds is 15. The van der Waals surface area contributed by atoms with Crippen molar-refractivity contribution in [3.8, 4) is 0 Å². The van der Waals surface area contributed by atoms with Gasteiger partial charge in [-0.25, -0.2) is 8.42 Å². The predicted octanol–water partition coefficient (Wildman–Crippen LogP) is 5.71. The maximum Gasteiger partial charge on any atom is 0.232 e. The molecule has 0 atom stereocenters. The standard InChI is InChI=1S/C20H36N2O2S/c1-2-3-4-5-6-7-8-9-10-11-12-15-18-25(23,24)22-20-17-14-13-16-19(20)21/h13-14,16-17,22H,2-12,15,18,21H2,1H3. The molecule has 0 amide bonds. The van der Waals surface area contributed by atoms with Gasteiger partial charge in [0, 0.05) is 0 Å². The van der Waals surface area contributed by atoms with Gasteiger partial charge in [0.05, 0.1) is 17.1 Å². The fourth-order valence-electron chi connectivity index (χ4n) is 2.94. The van der Waals surface area contributed by atoms with Gasteiger partial charge in [0.1, 0.15) is 0 Å². The van der Waals surface area contributed by atoms with E-state index in [2.05, 4.69) is 11.6 Å². The highest BCUT2D eigenvalue weighted by atomic mass is 32.2. The minimum Gasteiger partial charge on any atom is -0.397 e. The first kappa shape index (κ1) is 21.8. The van der Waals surface area contributed by atoms with Crippen molar-refractivity contribution in [2.75, 3.05) is 16.2 Å². The Morgan fingerprint density at radius 2 is 1.28 bits per heavy atom. The quantitative estimate of drug-likeness (QED) is 0.307. The van der Waals surface area contributed by atoms with Crippen molar-refractivity contribution in [2.24, 2.45) is 0 Å². The van der Waals surface area contributed by atoms with E-state index in [0.29, 0.717) is 17.8 Å². The lowest BCUT2D eigenvalue weighted by Crippen LogP contribution is -2.17. The van der Waals surface area contributed by atoms with Crippen LogP contribution in [0.4, 0.5) is 11.4 Å². The summed E-state index contributed by atoms with van der Waals surface area (Å²) < 4.78 is 26.7. The lowest BCUT2D eigenvalue weighted by Gasteiger charge is -2.10.